The Balaban J connectivity index is 1.84. The summed E-state index contributed by atoms with van der Waals surface area (Å²) in [6.07, 6.45) is 0. The maximum atomic E-state index is 13.2. The molecule has 1 heterocycles. The lowest BCUT2D eigenvalue weighted by Crippen LogP contribution is -2.15. The fourth-order valence-corrected chi connectivity index (χ4v) is 2.67. The van der Waals surface area contributed by atoms with Crippen molar-refractivity contribution in [1.82, 2.24) is 9.97 Å². The molecule has 0 fully saturated rings. The molecule has 2 aromatic carbocycles. The highest BCUT2D eigenvalue weighted by Crippen LogP contribution is 2.27. The van der Waals surface area contributed by atoms with Crippen LogP contribution in [0.4, 0.5) is 21.7 Å². The number of hydrogen-bond acceptors (Lipinski definition) is 4. The number of anilines is 3. The van der Waals surface area contributed by atoms with Crippen molar-refractivity contribution in [2.45, 2.75) is 6.92 Å². The van der Waals surface area contributed by atoms with Gasteiger partial charge in [0, 0.05) is 16.4 Å². The first-order valence-corrected chi connectivity index (χ1v) is 8.31. The highest BCUT2D eigenvalue weighted by atomic mass is 35.5. The van der Waals surface area contributed by atoms with Crippen molar-refractivity contribution >= 4 is 46.4 Å². The maximum absolute atomic E-state index is 13.2. The molecule has 2 N–H and O–H groups in total. The molecule has 0 unspecified atom stereocenters. The number of nitrogens with zero attached hydrogens (tertiary/aromatic N) is 2. The predicted molar refractivity (Wildman–Crippen MR) is 101 cm³/mol. The Bertz CT molecular complexity index is 981. The van der Waals surface area contributed by atoms with Gasteiger partial charge in [0.2, 0.25) is 5.95 Å². The van der Waals surface area contributed by atoms with E-state index in [0.717, 1.165) is 0 Å². The van der Waals surface area contributed by atoms with Gasteiger partial charge in [0.1, 0.15) is 11.5 Å². The summed E-state index contributed by atoms with van der Waals surface area (Å²) in [6.45, 7) is 1.73. The number of rotatable bonds is 4. The molecule has 0 saturated heterocycles. The minimum atomic E-state index is -0.480. The Labute approximate surface area is 159 Å². The van der Waals surface area contributed by atoms with E-state index in [0.29, 0.717) is 27.1 Å². The lowest BCUT2D eigenvalue weighted by atomic mass is 10.2. The molecule has 3 rings (SSSR count). The van der Waals surface area contributed by atoms with Gasteiger partial charge in [0.05, 0.1) is 10.7 Å². The number of hydrogen-bond donors (Lipinski definition) is 2. The monoisotopic (exact) mass is 390 g/mol. The third-order valence-corrected chi connectivity index (χ3v) is 3.89. The first-order valence-electron chi connectivity index (χ1n) is 7.55. The number of nitrogens with one attached hydrogen (secondary N) is 2. The van der Waals surface area contributed by atoms with Crippen LogP contribution < -0.4 is 10.6 Å². The Kier molecular flexibility index (Phi) is 5.35. The second-order valence-electron chi connectivity index (χ2n) is 5.43. The van der Waals surface area contributed by atoms with Crippen molar-refractivity contribution in [3.63, 3.8) is 0 Å². The topological polar surface area (TPSA) is 66.9 Å². The molecule has 8 heteroatoms. The fourth-order valence-electron chi connectivity index (χ4n) is 2.21. The molecule has 0 aliphatic carbocycles. The molecule has 132 valence electrons. The van der Waals surface area contributed by atoms with E-state index >= 15 is 0 Å². The van der Waals surface area contributed by atoms with Crippen LogP contribution in [0.1, 0.15) is 16.2 Å². The third-order valence-electron chi connectivity index (χ3n) is 3.35. The molecule has 26 heavy (non-hydrogen) atoms. The summed E-state index contributed by atoms with van der Waals surface area (Å²) in [7, 11) is 0. The quantitative estimate of drug-likeness (QED) is 0.640. The van der Waals surface area contributed by atoms with E-state index in [1.807, 2.05) is 0 Å². The molecule has 0 aliphatic rings. The van der Waals surface area contributed by atoms with Crippen LogP contribution in [-0.4, -0.2) is 15.9 Å². The number of carbonyl (C=O) groups excluding carboxylic acids is 1. The lowest BCUT2D eigenvalue weighted by molar-refractivity contribution is 0.102. The van der Waals surface area contributed by atoms with E-state index in [2.05, 4.69) is 20.6 Å². The minimum Gasteiger partial charge on any atom is -0.323 e. The molecule has 0 saturated carbocycles. The molecule has 3 aromatic rings. The zero-order chi connectivity index (χ0) is 18.7. The molecule has 5 nitrogen and oxygen atoms in total. The average Bonchev–Trinajstić information content (AvgIpc) is 2.57. The smallest absolute Gasteiger partial charge is 0.274 e. The van der Waals surface area contributed by atoms with E-state index in [1.54, 1.807) is 31.2 Å². The van der Waals surface area contributed by atoms with Crippen LogP contribution in [0, 0.1) is 12.7 Å². The van der Waals surface area contributed by atoms with Crippen LogP contribution in [0.3, 0.4) is 0 Å². The van der Waals surface area contributed by atoms with Crippen LogP contribution in [0.25, 0.3) is 0 Å². The fraction of sp³-hybridized carbons (Fsp3) is 0.0556. The number of amides is 1. The normalized spacial score (nSPS) is 10.5. The Morgan fingerprint density at radius 3 is 2.62 bits per heavy atom. The van der Waals surface area contributed by atoms with Crippen molar-refractivity contribution in [2.75, 3.05) is 10.6 Å². The van der Waals surface area contributed by atoms with Crippen LogP contribution in [0.15, 0.2) is 48.5 Å². The summed E-state index contributed by atoms with van der Waals surface area (Å²) >= 11 is 12.0. The van der Waals surface area contributed by atoms with Gasteiger partial charge in [-0.05, 0) is 49.4 Å². The van der Waals surface area contributed by atoms with Crippen molar-refractivity contribution < 1.29 is 9.18 Å². The van der Waals surface area contributed by atoms with E-state index in [9.17, 15) is 9.18 Å². The molecule has 0 bridgehead atoms. The number of halogens is 3. The zero-order valence-electron chi connectivity index (χ0n) is 13.6. The van der Waals surface area contributed by atoms with Crippen molar-refractivity contribution in [3.8, 4) is 0 Å². The van der Waals surface area contributed by atoms with Crippen LogP contribution >= 0.6 is 23.2 Å². The van der Waals surface area contributed by atoms with Crippen molar-refractivity contribution in [2.24, 2.45) is 0 Å². The number of carbonyl (C=O) groups is 1. The Morgan fingerprint density at radius 2 is 1.88 bits per heavy atom. The van der Waals surface area contributed by atoms with Crippen molar-refractivity contribution in [3.05, 3.63) is 75.8 Å². The summed E-state index contributed by atoms with van der Waals surface area (Å²) in [5.41, 5.74) is 1.60. The molecule has 0 radical (unpaired) electrons. The van der Waals surface area contributed by atoms with E-state index < -0.39 is 11.7 Å². The molecule has 0 spiro atoms. The molecular weight excluding hydrogens is 378 g/mol. The highest BCUT2D eigenvalue weighted by Gasteiger charge is 2.12. The second kappa shape index (κ2) is 7.68. The SMILES string of the molecule is Cc1cc(C(=O)Nc2cccc(F)c2)nc(Nc2ccc(Cl)cc2Cl)n1. The first-order chi connectivity index (χ1) is 12.4. The summed E-state index contributed by atoms with van der Waals surface area (Å²) in [5.74, 6) is -0.716. The largest absolute Gasteiger partial charge is 0.323 e. The summed E-state index contributed by atoms with van der Waals surface area (Å²) < 4.78 is 13.2. The molecular formula is C18H13Cl2FN4O. The summed E-state index contributed by atoms with van der Waals surface area (Å²) in [4.78, 5) is 20.8. The van der Waals surface area contributed by atoms with Gasteiger partial charge in [0.15, 0.2) is 0 Å². The van der Waals surface area contributed by atoms with E-state index in [-0.39, 0.29) is 11.6 Å². The van der Waals surface area contributed by atoms with Gasteiger partial charge in [-0.15, -0.1) is 0 Å². The molecule has 1 aromatic heterocycles. The van der Waals surface area contributed by atoms with E-state index in [4.69, 9.17) is 23.2 Å². The summed E-state index contributed by atoms with van der Waals surface area (Å²) in [5, 5.41) is 6.45. The van der Waals surface area contributed by atoms with Gasteiger partial charge in [-0.2, -0.15) is 0 Å². The first kappa shape index (κ1) is 18.1. The van der Waals surface area contributed by atoms with Crippen LogP contribution in [0.2, 0.25) is 10.0 Å². The molecule has 1 amide bonds. The Hall–Kier alpha value is -2.70. The summed E-state index contributed by atoms with van der Waals surface area (Å²) in [6, 6.07) is 12.1. The van der Waals surface area contributed by atoms with E-state index in [1.165, 1.54) is 24.3 Å². The van der Waals surface area contributed by atoms with Crippen LogP contribution in [-0.2, 0) is 0 Å². The van der Waals surface area contributed by atoms with Gasteiger partial charge < -0.3 is 10.6 Å². The maximum Gasteiger partial charge on any atom is 0.274 e. The lowest BCUT2D eigenvalue weighted by Gasteiger charge is -2.10. The molecule has 0 aliphatic heterocycles. The molecule has 0 atom stereocenters. The number of aromatic nitrogens is 2. The van der Waals surface area contributed by atoms with Gasteiger partial charge >= 0.3 is 0 Å². The van der Waals surface area contributed by atoms with Crippen LogP contribution in [0.5, 0.6) is 0 Å². The third kappa shape index (κ3) is 4.47. The zero-order valence-corrected chi connectivity index (χ0v) is 15.1. The minimum absolute atomic E-state index is 0.134. The van der Waals surface area contributed by atoms with Gasteiger partial charge in [0.25, 0.3) is 5.91 Å². The standard InChI is InChI=1S/C18H13Cl2FN4O/c1-10-7-16(17(26)23-13-4-2-3-12(21)9-13)25-18(22-10)24-15-6-5-11(19)8-14(15)20/h2-9H,1H3,(H,23,26)(H,22,24,25). The van der Waals surface area contributed by atoms with Gasteiger partial charge in [-0.3, -0.25) is 4.79 Å². The second-order valence-corrected chi connectivity index (χ2v) is 6.28. The predicted octanol–water partition coefficient (Wildman–Crippen LogP) is 5.23. The average molecular weight is 391 g/mol. The van der Waals surface area contributed by atoms with Gasteiger partial charge in [-0.25, -0.2) is 14.4 Å². The van der Waals surface area contributed by atoms with Crippen molar-refractivity contribution in [1.29, 1.82) is 0 Å². The van der Waals surface area contributed by atoms with Gasteiger partial charge in [-0.1, -0.05) is 29.3 Å². The number of aryl methyl sites for hydroxylation is 1. The number of benzene rings is 2. The highest BCUT2D eigenvalue weighted by molar-refractivity contribution is 6.36. The Morgan fingerprint density at radius 1 is 1.08 bits per heavy atom.